The number of hydrogen-bond acceptors (Lipinski definition) is 5. The molecule has 0 N–H and O–H groups in total. The van der Waals surface area contributed by atoms with Crippen molar-refractivity contribution in [3.05, 3.63) is 36.4 Å². The lowest BCUT2D eigenvalue weighted by molar-refractivity contribution is -0.143. The Hall–Kier alpha value is -1.83. The summed E-state index contributed by atoms with van der Waals surface area (Å²) in [6.07, 6.45) is 6.23. The summed E-state index contributed by atoms with van der Waals surface area (Å²) in [6, 6.07) is 2.90. The Kier molecular flexibility index (Phi) is 5.24. The second-order valence-corrected chi connectivity index (χ2v) is 8.87. The molecule has 2 fully saturated rings. The number of aromatic nitrogens is 3. The molecule has 1 aliphatic carbocycles. The maximum absolute atomic E-state index is 13.1. The molecule has 8 heteroatoms. The molecule has 0 aromatic carbocycles. The Bertz CT molecular complexity index is 817. The van der Waals surface area contributed by atoms with E-state index in [1.54, 1.807) is 12.4 Å². The zero-order chi connectivity index (χ0) is 19.8. The average molecular weight is 408 g/mol. The molecule has 4 nitrogen and oxygen atoms in total. The summed E-state index contributed by atoms with van der Waals surface area (Å²) in [5.74, 6) is 1.59. The van der Waals surface area contributed by atoms with Gasteiger partial charge in [-0.05, 0) is 42.7 Å². The fraction of sp³-hybridized carbons (Fsp3) is 0.550. The first-order valence-electron chi connectivity index (χ1n) is 9.64. The Morgan fingerprint density at radius 2 is 1.89 bits per heavy atom. The number of halogens is 3. The van der Waals surface area contributed by atoms with Gasteiger partial charge in [-0.25, -0.2) is 9.97 Å². The van der Waals surface area contributed by atoms with Crippen LogP contribution in [0, 0.1) is 11.3 Å². The van der Waals surface area contributed by atoms with E-state index in [-0.39, 0.29) is 4.90 Å². The third-order valence-corrected chi connectivity index (χ3v) is 7.28. The van der Waals surface area contributed by atoms with Crippen LogP contribution >= 0.6 is 11.8 Å². The van der Waals surface area contributed by atoms with Gasteiger partial charge in [-0.3, -0.25) is 4.98 Å². The summed E-state index contributed by atoms with van der Waals surface area (Å²) in [6.45, 7) is 4.31. The number of alkyl halides is 3. The lowest BCUT2D eigenvalue weighted by atomic mass is 9.71. The largest absolute Gasteiger partial charge is 0.434 e. The van der Waals surface area contributed by atoms with Crippen LogP contribution in [0.5, 0.6) is 0 Å². The average Bonchev–Trinajstić information content (AvgIpc) is 3.03. The van der Waals surface area contributed by atoms with E-state index in [1.165, 1.54) is 44.2 Å². The number of rotatable bonds is 3. The second kappa shape index (κ2) is 7.54. The number of anilines is 1. The van der Waals surface area contributed by atoms with Crippen LogP contribution in [-0.4, -0.2) is 28.0 Å². The van der Waals surface area contributed by atoms with Crippen molar-refractivity contribution in [3.63, 3.8) is 0 Å². The predicted octanol–water partition coefficient (Wildman–Crippen LogP) is 5.45. The summed E-state index contributed by atoms with van der Waals surface area (Å²) >= 11 is 0.937. The number of pyridine rings is 1. The minimum atomic E-state index is -4.49. The van der Waals surface area contributed by atoms with Gasteiger partial charge in [-0.15, -0.1) is 0 Å². The molecular weight excluding hydrogens is 385 g/mol. The standard InChI is InChI=1S/C20H23F3N4S/c1-14-4-2-6-19(14)7-10-27(11-8-19)16-12-26-17(13-25-16)28-15-5-3-9-24-18(15)20(21,22)23/h3,5,9,12-14H,2,4,6-8,10-11H2,1H3/t14-/m1/s1. The minimum absolute atomic E-state index is 0.0344. The van der Waals surface area contributed by atoms with Crippen LogP contribution in [0.25, 0.3) is 0 Å². The fourth-order valence-corrected chi connectivity index (χ4v) is 5.41. The molecule has 0 radical (unpaired) electrons. The molecule has 0 amide bonds. The van der Waals surface area contributed by atoms with Gasteiger partial charge in [0.25, 0.3) is 0 Å². The van der Waals surface area contributed by atoms with E-state index in [4.69, 9.17) is 0 Å². The Balaban J connectivity index is 1.43. The minimum Gasteiger partial charge on any atom is -0.355 e. The van der Waals surface area contributed by atoms with E-state index in [0.717, 1.165) is 42.8 Å². The smallest absolute Gasteiger partial charge is 0.355 e. The third kappa shape index (κ3) is 3.83. The highest BCUT2D eigenvalue weighted by Gasteiger charge is 2.42. The molecule has 2 aliphatic rings. The first-order valence-corrected chi connectivity index (χ1v) is 10.5. The van der Waals surface area contributed by atoms with Gasteiger partial charge in [0.05, 0.1) is 12.4 Å². The normalized spacial score (nSPS) is 22.0. The van der Waals surface area contributed by atoms with Gasteiger partial charge < -0.3 is 4.90 Å². The SMILES string of the molecule is C[C@@H]1CCCC12CCN(c1cnc(Sc3cccnc3C(F)(F)F)cn1)CC2. The van der Waals surface area contributed by atoms with Crippen LogP contribution in [0.1, 0.15) is 44.7 Å². The molecule has 2 aromatic heterocycles. The van der Waals surface area contributed by atoms with E-state index in [1.807, 2.05) is 0 Å². The molecule has 2 aromatic rings. The second-order valence-electron chi connectivity index (χ2n) is 7.81. The van der Waals surface area contributed by atoms with Gasteiger partial charge in [0.2, 0.25) is 0 Å². The lowest BCUT2D eigenvalue weighted by Crippen LogP contribution is -2.41. The molecular formula is C20H23F3N4S. The van der Waals surface area contributed by atoms with Gasteiger partial charge in [0, 0.05) is 24.2 Å². The van der Waals surface area contributed by atoms with Crippen LogP contribution in [0.3, 0.4) is 0 Å². The van der Waals surface area contributed by atoms with Crippen molar-refractivity contribution < 1.29 is 13.2 Å². The van der Waals surface area contributed by atoms with Crippen LogP contribution in [0.4, 0.5) is 19.0 Å². The van der Waals surface area contributed by atoms with Crippen molar-refractivity contribution in [1.82, 2.24) is 15.0 Å². The van der Waals surface area contributed by atoms with Gasteiger partial charge >= 0.3 is 6.18 Å². The molecule has 1 saturated carbocycles. The summed E-state index contributed by atoms with van der Waals surface area (Å²) in [5.41, 5.74) is -0.397. The highest BCUT2D eigenvalue weighted by Crippen LogP contribution is 2.50. The van der Waals surface area contributed by atoms with E-state index in [2.05, 4.69) is 26.8 Å². The van der Waals surface area contributed by atoms with Crippen LogP contribution in [0.2, 0.25) is 0 Å². The van der Waals surface area contributed by atoms with Crippen molar-refractivity contribution >= 4 is 17.6 Å². The zero-order valence-electron chi connectivity index (χ0n) is 15.7. The highest BCUT2D eigenvalue weighted by atomic mass is 32.2. The molecule has 28 heavy (non-hydrogen) atoms. The maximum Gasteiger partial charge on any atom is 0.434 e. The van der Waals surface area contributed by atoms with E-state index >= 15 is 0 Å². The zero-order valence-corrected chi connectivity index (χ0v) is 16.6. The Morgan fingerprint density at radius 3 is 2.50 bits per heavy atom. The molecule has 3 heterocycles. The van der Waals surface area contributed by atoms with Crippen molar-refractivity contribution in [2.24, 2.45) is 11.3 Å². The number of piperidine rings is 1. The molecule has 1 saturated heterocycles. The Labute approximate surface area is 167 Å². The van der Waals surface area contributed by atoms with E-state index in [9.17, 15) is 13.2 Å². The number of hydrogen-bond donors (Lipinski definition) is 0. The van der Waals surface area contributed by atoms with Gasteiger partial charge in [-0.1, -0.05) is 31.5 Å². The van der Waals surface area contributed by atoms with E-state index < -0.39 is 11.9 Å². The van der Waals surface area contributed by atoms with Crippen molar-refractivity contribution in [1.29, 1.82) is 0 Å². The monoisotopic (exact) mass is 408 g/mol. The summed E-state index contributed by atoms with van der Waals surface area (Å²) in [7, 11) is 0. The number of nitrogens with zero attached hydrogens (tertiary/aromatic N) is 4. The van der Waals surface area contributed by atoms with Gasteiger partial charge in [0.1, 0.15) is 10.8 Å². The van der Waals surface area contributed by atoms with Crippen molar-refractivity contribution in [2.45, 2.75) is 55.1 Å². The van der Waals surface area contributed by atoms with Gasteiger partial charge in [0.15, 0.2) is 5.69 Å². The molecule has 4 rings (SSSR count). The molecule has 1 aliphatic heterocycles. The highest BCUT2D eigenvalue weighted by molar-refractivity contribution is 7.99. The molecule has 0 unspecified atom stereocenters. The lowest BCUT2D eigenvalue weighted by Gasteiger charge is -2.42. The van der Waals surface area contributed by atoms with Crippen molar-refractivity contribution in [2.75, 3.05) is 18.0 Å². The van der Waals surface area contributed by atoms with Crippen LogP contribution in [-0.2, 0) is 6.18 Å². The summed E-state index contributed by atoms with van der Waals surface area (Å²) in [5, 5.41) is 0.431. The molecule has 0 bridgehead atoms. The Morgan fingerprint density at radius 1 is 1.11 bits per heavy atom. The van der Waals surface area contributed by atoms with Crippen molar-refractivity contribution in [3.8, 4) is 0 Å². The van der Waals surface area contributed by atoms with Crippen LogP contribution in [0.15, 0.2) is 40.6 Å². The quantitative estimate of drug-likeness (QED) is 0.676. The summed E-state index contributed by atoms with van der Waals surface area (Å²) < 4.78 is 39.3. The van der Waals surface area contributed by atoms with Crippen LogP contribution < -0.4 is 4.90 Å². The maximum atomic E-state index is 13.1. The third-order valence-electron chi connectivity index (χ3n) is 6.31. The first-order chi connectivity index (χ1) is 13.4. The predicted molar refractivity (Wildman–Crippen MR) is 102 cm³/mol. The summed E-state index contributed by atoms with van der Waals surface area (Å²) in [4.78, 5) is 14.6. The molecule has 1 atom stereocenters. The van der Waals surface area contributed by atoms with Gasteiger partial charge in [-0.2, -0.15) is 13.2 Å². The first kappa shape index (κ1) is 19.5. The molecule has 150 valence electrons. The molecule has 1 spiro atoms. The van der Waals surface area contributed by atoms with E-state index in [0.29, 0.717) is 10.4 Å². The fourth-order valence-electron chi connectivity index (χ4n) is 4.56. The topological polar surface area (TPSA) is 41.9 Å².